The van der Waals surface area contributed by atoms with Crippen molar-refractivity contribution in [3.8, 4) is 0 Å². The van der Waals surface area contributed by atoms with Gasteiger partial charge in [-0.05, 0) is 78.9 Å². The molecule has 6 rings (SSSR count). The van der Waals surface area contributed by atoms with Gasteiger partial charge < -0.3 is 24.1 Å². The number of carbonyl (C=O) groups is 2. The summed E-state index contributed by atoms with van der Waals surface area (Å²) in [6.45, 7) is 8.93. The van der Waals surface area contributed by atoms with E-state index in [0.29, 0.717) is 18.3 Å². The Morgan fingerprint density at radius 3 is 2.62 bits per heavy atom. The minimum atomic E-state index is -1.03. The minimum absolute atomic E-state index is 0.00602. The molecule has 6 aliphatic rings. The molecule has 0 aromatic heterocycles. The van der Waals surface area contributed by atoms with Gasteiger partial charge >= 0.3 is 11.9 Å². The van der Waals surface area contributed by atoms with E-state index in [1.807, 2.05) is 0 Å². The van der Waals surface area contributed by atoms with E-state index in [4.69, 9.17) is 18.9 Å². The predicted molar refractivity (Wildman–Crippen MR) is 121 cm³/mol. The largest absolute Gasteiger partial charge is 0.459 e. The summed E-state index contributed by atoms with van der Waals surface area (Å²) in [7, 11) is 0. The van der Waals surface area contributed by atoms with E-state index in [1.54, 1.807) is 0 Å². The molecule has 1 unspecified atom stereocenters. The average Bonchev–Trinajstić information content (AvgIpc) is 3.21. The molecule has 7 nitrogen and oxygen atoms in total. The highest BCUT2D eigenvalue weighted by Crippen LogP contribution is 2.71. The third-order valence-corrected chi connectivity index (χ3v) is 11.5. The Morgan fingerprint density at radius 1 is 1.09 bits per heavy atom. The maximum absolute atomic E-state index is 12.2. The quantitative estimate of drug-likeness (QED) is 0.603. The number of carbonyl (C=O) groups excluding carboxylic acids is 2. The van der Waals surface area contributed by atoms with E-state index in [0.717, 1.165) is 32.1 Å². The lowest BCUT2D eigenvalue weighted by molar-refractivity contribution is -0.225. The molecule has 34 heavy (non-hydrogen) atoms. The van der Waals surface area contributed by atoms with Crippen molar-refractivity contribution in [2.45, 2.75) is 110 Å². The highest BCUT2D eigenvalue weighted by molar-refractivity contribution is 5.74. The lowest BCUT2D eigenvalue weighted by atomic mass is 9.38. The van der Waals surface area contributed by atoms with Crippen LogP contribution in [-0.2, 0) is 28.5 Å². The minimum Gasteiger partial charge on any atom is -0.459 e. The van der Waals surface area contributed by atoms with Crippen molar-refractivity contribution in [1.82, 2.24) is 0 Å². The summed E-state index contributed by atoms with van der Waals surface area (Å²) in [5.41, 5.74) is -0.788. The SMILES string of the molecule is CC(=O)O[C@@H]1C[C@@H]2[C@H](CC[C@H]3[C@@]2(C)CCC2[C@@](C)(CO)CCC[C@@]23C)[C@@H]2O[C@H]3OC(=O)C[C@@]31O2. The summed E-state index contributed by atoms with van der Waals surface area (Å²) < 4.78 is 24.2. The van der Waals surface area contributed by atoms with Gasteiger partial charge in [-0.25, -0.2) is 0 Å². The van der Waals surface area contributed by atoms with Crippen molar-refractivity contribution in [2.75, 3.05) is 6.61 Å². The topological polar surface area (TPSA) is 91.3 Å². The molecule has 3 aliphatic heterocycles. The number of hydrogen-bond acceptors (Lipinski definition) is 7. The molecule has 3 saturated carbocycles. The van der Waals surface area contributed by atoms with Crippen LogP contribution >= 0.6 is 0 Å². The van der Waals surface area contributed by atoms with Gasteiger partial charge in [-0.2, -0.15) is 0 Å². The molecule has 3 aliphatic carbocycles. The van der Waals surface area contributed by atoms with E-state index in [1.165, 1.54) is 19.8 Å². The lowest BCUT2D eigenvalue weighted by Crippen LogP contribution is -2.61. The van der Waals surface area contributed by atoms with Crippen LogP contribution in [0.5, 0.6) is 0 Å². The van der Waals surface area contributed by atoms with Crippen molar-refractivity contribution in [2.24, 2.45) is 39.9 Å². The maximum Gasteiger partial charge on any atom is 0.311 e. The average molecular weight is 477 g/mol. The molecule has 0 amide bonds. The van der Waals surface area contributed by atoms with Gasteiger partial charge in [0.05, 0.1) is 6.42 Å². The van der Waals surface area contributed by atoms with Crippen molar-refractivity contribution in [3.05, 3.63) is 0 Å². The van der Waals surface area contributed by atoms with Crippen LogP contribution in [-0.4, -0.2) is 47.9 Å². The number of aliphatic hydroxyl groups is 1. The van der Waals surface area contributed by atoms with Gasteiger partial charge in [0.1, 0.15) is 6.10 Å². The number of hydrogen-bond donors (Lipinski definition) is 1. The Balaban J connectivity index is 1.38. The highest BCUT2D eigenvalue weighted by atomic mass is 16.8. The van der Waals surface area contributed by atoms with Crippen molar-refractivity contribution < 1.29 is 33.6 Å². The third kappa shape index (κ3) is 2.92. The van der Waals surface area contributed by atoms with Crippen LogP contribution in [0.3, 0.4) is 0 Å². The molecule has 7 heteroatoms. The monoisotopic (exact) mass is 476 g/mol. The van der Waals surface area contributed by atoms with Crippen LogP contribution in [0.4, 0.5) is 0 Å². The number of esters is 2. The van der Waals surface area contributed by atoms with Gasteiger partial charge in [0, 0.05) is 19.4 Å². The van der Waals surface area contributed by atoms with Gasteiger partial charge in [0.25, 0.3) is 0 Å². The van der Waals surface area contributed by atoms with Crippen LogP contribution in [0.25, 0.3) is 0 Å². The molecule has 0 radical (unpaired) electrons. The zero-order chi connectivity index (χ0) is 24.1. The summed E-state index contributed by atoms with van der Waals surface area (Å²) in [6, 6.07) is 0. The highest BCUT2D eigenvalue weighted by Gasteiger charge is 2.71. The van der Waals surface area contributed by atoms with Crippen LogP contribution in [0.2, 0.25) is 0 Å². The lowest BCUT2D eigenvalue weighted by Gasteiger charge is -2.67. The smallest absolute Gasteiger partial charge is 0.311 e. The Hall–Kier alpha value is -1.18. The van der Waals surface area contributed by atoms with Gasteiger partial charge in [0.2, 0.25) is 6.29 Å². The fraction of sp³-hybridized carbons (Fsp3) is 0.926. The first kappa shape index (κ1) is 23.2. The fourth-order valence-corrected chi connectivity index (χ4v) is 10.1. The standard InChI is InChI=1S/C27H40O7/c1-15(29)31-20-12-17-16(22-33-23-27(20,34-22)13-21(30)32-23)6-7-19-25(17,3)11-8-18-24(2,14-28)9-5-10-26(18,19)4/h16-20,22-23,28H,5-14H2,1-4H3/t16-,17+,18?,19-,20+,22+,23+,24+,25-,26-,27-/m0/s1. The molecular weight excluding hydrogens is 436 g/mol. The first-order chi connectivity index (χ1) is 16.1. The molecule has 3 heterocycles. The summed E-state index contributed by atoms with van der Waals surface area (Å²) in [4.78, 5) is 24.4. The summed E-state index contributed by atoms with van der Waals surface area (Å²) in [5, 5.41) is 10.4. The molecule has 1 spiro atoms. The summed E-state index contributed by atoms with van der Waals surface area (Å²) >= 11 is 0. The molecule has 0 aromatic rings. The number of aliphatic hydroxyl groups excluding tert-OH is 1. The second-order valence-corrected chi connectivity index (χ2v) is 13.1. The maximum atomic E-state index is 12.2. The number of ether oxygens (including phenoxy) is 4. The zero-order valence-corrected chi connectivity index (χ0v) is 21.0. The Kier molecular flexibility index (Phi) is 5.07. The normalized spacial score (nSPS) is 55.8. The number of rotatable bonds is 2. The summed E-state index contributed by atoms with van der Waals surface area (Å²) in [6.07, 6.45) is 6.78. The van der Waals surface area contributed by atoms with E-state index < -0.39 is 24.3 Å². The van der Waals surface area contributed by atoms with Gasteiger partial charge in [0.15, 0.2) is 11.9 Å². The van der Waals surface area contributed by atoms with E-state index in [2.05, 4.69) is 20.8 Å². The van der Waals surface area contributed by atoms with Crippen LogP contribution < -0.4 is 0 Å². The number of fused-ring (bicyclic) bond motifs is 7. The first-order valence-corrected chi connectivity index (χ1v) is 13.4. The van der Waals surface area contributed by atoms with Crippen molar-refractivity contribution in [1.29, 1.82) is 0 Å². The van der Waals surface area contributed by atoms with Crippen LogP contribution in [0.1, 0.15) is 85.5 Å². The zero-order valence-electron chi connectivity index (χ0n) is 21.0. The van der Waals surface area contributed by atoms with E-state index in [-0.39, 0.29) is 53.0 Å². The van der Waals surface area contributed by atoms with E-state index in [9.17, 15) is 14.7 Å². The Labute approximate surface area is 202 Å². The Bertz CT molecular complexity index is 890. The molecule has 190 valence electrons. The van der Waals surface area contributed by atoms with E-state index >= 15 is 0 Å². The van der Waals surface area contributed by atoms with Crippen LogP contribution in [0.15, 0.2) is 0 Å². The Morgan fingerprint density at radius 2 is 1.88 bits per heavy atom. The predicted octanol–water partition coefficient (Wildman–Crippen LogP) is 3.95. The molecular formula is C27H40O7. The fourth-order valence-electron chi connectivity index (χ4n) is 10.1. The van der Waals surface area contributed by atoms with Gasteiger partial charge in [-0.3, -0.25) is 9.59 Å². The van der Waals surface area contributed by atoms with Gasteiger partial charge in [-0.1, -0.05) is 27.2 Å². The van der Waals surface area contributed by atoms with Crippen LogP contribution in [0, 0.1) is 39.9 Å². The van der Waals surface area contributed by atoms with Crippen molar-refractivity contribution >= 4 is 11.9 Å². The summed E-state index contributed by atoms with van der Waals surface area (Å²) in [5.74, 6) is 0.814. The molecule has 0 aromatic carbocycles. The van der Waals surface area contributed by atoms with Gasteiger partial charge in [-0.15, -0.1) is 0 Å². The molecule has 3 saturated heterocycles. The molecule has 1 N–H and O–H groups in total. The van der Waals surface area contributed by atoms with Crippen molar-refractivity contribution in [3.63, 3.8) is 0 Å². The first-order valence-electron chi connectivity index (χ1n) is 13.4. The second kappa shape index (κ2) is 7.42. The molecule has 2 bridgehead atoms. The second-order valence-electron chi connectivity index (χ2n) is 13.1. The molecule has 6 fully saturated rings. The molecule has 11 atom stereocenters. The third-order valence-electron chi connectivity index (χ3n) is 11.5.